The predicted molar refractivity (Wildman–Crippen MR) is 57.8 cm³/mol. The van der Waals surface area contributed by atoms with E-state index in [1.54, 1.807) is 12.1 Å². The van der Waals surface area contributed by atoms with Gasteiger partial charge in [-0.25, -0.2) is 8.78 Å². The summed E-state index contributed by atoms with van der Waals surface area (Å²) >= 11 is 0. The molecule has 0 saturated heterocycles. The number of nitrogens with zero attached hydrogens (tertiary/aromatic N) is 2. The van der Waals surface area contributed by atoms with E-state index in [0.29, 0.717) is 16.8 Å². The van der Waals surface area contributed by atoms with Gasteiger partial charge in [-0.2, -0.15) is 5.26 Å². The van der Waals surface area contributed by atoms with Crippen LogP contribution in [0.4, 0.5) is 14.5 Å². The second-order valence-corrected chi connectivity index (χ2v) is 4.18. The van der Waals surface area contributed by atoms with Gasteiger partial charge in [-0.3, -0.25) is 4.79 Å². The molecule has 17 heavy (non-hydrogen) atoms. The molecule has 0 atom stereocenters. The summed E-state index contributed by atoms with van der Waals surface area (Å²) in [5.41, 5.74) is 1.55. The minimum atomic E-state index is -2.93. The van der Waals surface area contributed by atoms with Crippen molar-refractivity contribution in [1.82, 2.24) is 0 Å². The number of benzene rings is 1. The Labute approximate surface area is 97.3 Å². The normalized spacial score (nSPS) is 14.7. The summed E-state index contributed by atoms with van der Waals surface area (Å²) in [6.07, 6.45) is 0.0843. The summed E-state index contributed by atoms with van der Waals surface area (Å²) in [6, 6.07) is 6.60. The summed E-state index contributed by atoms with van der Waals surface area (Å²) in [7, 11) is 0. The van der Waals surface area contributed by atoms with Crippen LogP contribution in [0, 0.1) is 11.3 Å². The fraction of sp³-hybridized carbons (Fsp3) is 0.333. The van der Waals surface area contributed by atoms with E-state index in [9.17, 15) is 13.6 Å². The fourth-order valence-corrected chi connectivity index (χ4v) is 1.90. The highest BCUT2D eigenvalue weighted by Crippen LogP contribution is 2.31. The van der Waals surface area contributed by atoms with Crippen molar-refractivity contribution in [3.8, 4) is 6.07 Å². The smallest absolute Gasteiger partial charge is 0.263 e. The van der Waals surface area contributed by atoms with E-state index in [-0.39, 0.29) is 12.3 Å². The molecule has 2 rings (SSSR count). The summed E-state index contributed by atoms with van der Waals surface area (Å²) in [4.78, 5) is 12.7. The standard InChI is InChI=1S/C12H10F2N2O/c1-12(13,14)7-16-10-3-2-8(6-15)4-9(10)5-11(16)17/h2-4H,5,7H2,1H3. The molecule has 1 amide bonds. The summed E-state index contributed by atoms with van der Waals surface area (Å²) in [6.45, 7) is 0.159. The molecular weight excluding hydrogens is 226 g/mol. The van der Waals surface area contributed by atoms with E-state index < -0.39 is 12.5 Å². The van der Waals surface area contributed by atoms with Gasteiger partial charge in [0, 0.05) is 12.6 Å². The number of nitriles is 1. The number of halogens is 2. The van der Waals surface area contributed by atoms with Crippen molar-refractivity contribution in [1.29, 1.82) is 5.26 Å². The summed E-state index contributed by atoms with van der Waals surface area (Å²) in [5, 5.41) is 8.72. The zero-order chi connectivity index (χ0) is 12.6. The number of carbonyl (C=O) groups is 1. The summed E-state index contributed by atoms with van der Waals surface area (Å²) in [5.74, 6) is -3.28. The first-order chi connectivity index (χ1) is 7.90. The highest BCUT2D eigenvalue weighted by Gasteiger charge is 2.34. The van der Waals surface area contributed by atoms with Gasteiger partial charge >= 0.3 is 0 Å². The summed E-state index contributed by atoms with van der Waals surface area (Å²) < 4.78 is 25.9. The second-order valence-electron chi connectivity index (χ2n) is 4.18. The van der Waals surface area contributed by atoms with Crippen LogP contribution in [-0.4, -0.2) is 18.4 Å². The lowest BCUT2D eigenvalue weighted by atomic mass is 10.1. The average Bonchev–Trinajstić information content (AvgIpc) is 2.52. The molecule has 1 aromatic carbocycles. The maximum absolute atomic E-state index is 12.9. The highest BCUT2D eigenvalue weighted by molar-refractivity contribution is 6.01. The molecule has 0 bridgehead atoms. The third kappa shape index (κ3) is 2.26. The zero-order valence-corrected chi connectivity index (χ0v) is 9.20. The lowest BCUT2D eigenvalue weighted by molar-refractivity contribution is -0.118. The Hall–Kier alpha value is -1.96. The molecule has 0 aromatic heterocycles. The van der Waals surface area contributed by atoms with Crippen LogP contribution in [0.15, 0.2) is 18.2 Å². The van der Waals surface area contributed by atoms with Crippen molar-refractivity contribution in [3.05, 3.63) is 29.3 Å². The van der Waals surface area contributed by atoms with E-state index in [4.69, 9.17) is 5.26 Å². The largest absolute Gasteiger partial charge is 0.306 e. The number of anilines is 1. The number of hydrogen-bond acceptors (Lipinski definition) is 2. The van der Waals surface area contributed by atoms with Gasteiger partial charge in [-0.15, -0.1) is 0 Å². The third-order valence-corrected chi connectivity index (χ3v) is 2.58. The molecule has 0 unspecified atom stereocenters. The topological polar surface area (TPSA) is 44.1 Å². The minimum absolute atomic E-state index is 0.0843. The molecule has 0 saturated carbocycles. The Balaban J connectivity index is 2.35. The van der Waals surface area contributed by atoms with Gasteiger partial charge in [0.15, 0.2) is 0 Å². The average molecular weight is 236 g/mol. The lowest BCUT2D eigenvalue weighted by Gasteiger charge is -2.21. The number of alkyl halides is 2. The van der Waals surface area contributed by atoms with Crippen LogP contribution in [0.3, 0.4) is 0 Å². The zero-order valence-electron chi connectivity index (χ0n) is 9.20. The Kier molecular flexibility index (Phi) is 2.58. The van der Waals surface area contributed by atoms with Gasteiger partial charge in [0.1, 0.15) is 0 Å². The van der Waals surface area contributed by atoms with Crippen LogP contribution in [0.2, 0.25) is 0 Å². The molecule has 1 heterocycles. The highest BCUT2D eigenvalue weighted by atomic mass is 19.3. The van der Waals surface area contributed by atoms with Crippen molar-refractivity contribution in [3.63, 3.8) is 0 Å². The van der Waals surface area contributed by atoms with Gasteiger partial charge in [0.25, 0.3) is 5.92 Å². The van der Waals surface area contributed by atoms with Crippen LogP contribution in [-0.2, 0) is 11.2 Å². The molecule has 0 radical (unpaired) electrons. The molecule has 0 spiro atoms. The van der Waals surface area contributed by atoms with Crippen LogP contribution in [0.5, 0.6) is 0 Å². The number of carbonyl (C=O) groups excluding carboxylic acids is 1. The van der Waals surface area contributed by atoms with Gasteiger partial charge in [-0.1, -0.05) is 0 Å². The molecule has 5 heteroatoms. The first kappa shape index (κ1) is 11.5. The maximum atomic E-state index is 12.9. The number of amides is 1. The van der Waals surface area contributed by atoms with E-state index in [1.165, 1.54) is 6.07 Å². The molecule has 1 aliphatic heterocycles. The van der Waals surface area contributed by atoms with Crippen molar-refractivity contribution >= 4 is 11.6 Å². The third-order valence-electron chi connectivity index (χ3n) is 2.58. The first-order valence-corrected chi connectivity index (χ1v) is 5.12. The van der Waals surface area contributed by atoms with Crippen molar-refractivity contribution in [2.45, 2.75) is 19.3 Å². The minimum Gasteiger partial charge on any atom is -0.306 e. The Morgan fingerprint density at radius 2 is 2.24 bits per heavy atom. The van der Waals surface area contributed by atoms with Crippen LogP contribution < -0.4 is 4.90 Å². The molecule has 0 fully saturated rings. The van der Waals surface area contributed by atoms with Crippen LogP contribution in [0.1, 0.15) is 18.1 Å². The molecule has 1 aliphatic rings. The van der Waals surface area contributed by atoms with Gasteiger partial charge in [-0.05, 0) is 23.8 Å². The monoisotopic (exact) mass is 236 g/mol. The lowest BCUT2D eigenvalue weighted by Crippen LogP contribution is -2.37. The molecule has 3 nitrogen and oxygen atoms in total. The number of hydrogen-bond donors (Lipinski definition) is 0. The van der Waals surface area contributed by atoms with Gasteiger partial charge < -0.3 is 4.90 Å². The SMILES string of the molecule is CC(F)(F)CN1C(=O)Cc2cc(C#N)ccc21. The van der Waals surface area contributed by atoms with Crippen LogP contribution >= 0.6 is 0 Å². The Morgan fingerprint density at radius 3 is 2.82 bits per heavy atom. The van der Waals surface area contributed by atoms with E-state index in [2.05, 4.69) is 0 Å². The quantitative estimate of drug-likeness (QED) is 0.789. The van der Waals surface area contributed by atoms with Crippen molar-refractivity contribution < 1.29 is 13.6 Å². The predicted octanol–water partition coefficient (Wildman–Crippen LogP) is 2.10. The molecule has 0 aliphatic carbocycles. The van der Waals surface area contributed by atoms with Gasteiger partial charge in [0.2, 0.25) is 5.91 Å². The molecule has 88 valence electrons. The van der Waals surface area contributed by atoms with E-state index in [1.807, 2.05) is 6.07 Å². The molecule has 1 aromatic rings. The molecular formula is C12H10F2N2O. The first-order valence-electron chi connectivity index (χ1n) is 5.12. The van der Waals surface area contributed by atoms with Crippen LogP contribution in [0.25, 0.3) is 0 Å². The fourth-order valence-electron chi connectivity index (χ4n) is 1.90. The number of rotatable bonds is 2. The van der Waals surface area contributed by atoms with E-state index >= 15 is 0 Å². The van der Waals surface area contributed by atoms with Crippen molar-refractivity contribution in [2.24, 2.45) is 0 Å². The Morgan fingerprint density at radius 1 is 1.53 bits per heavy atom. The Bertz CT molecular complexity index is 514. The van der Waals surface area contributed by atoms with Crippen molar-refractivity contribution in [2.75, 3.05) is 11.4 Å². The second kappa shape index (κ2) is 3.81. The van der Waals surface area contributed by atoms with Gasteiger partial charge in [0.05, 0.1) is 24.6 Å². The number of fused-ring (bicyclic) bond motifs is 1. The maximum Gasteiger partial charge on any atom is 0.263 e. The molecule has 0 N–H and O–H groups in total. The van der Waals surface area contributed by atoms with E-state index in [0.717, 1.165) is 11.8 Å².